The van der Waals surface area contributed by atoms with Gasteiger partial charge in [-0.15, -0.1) is 0 Å². The Hall–Kier alpha value is -2.03. The van der Waals surface area contributed by atoms with Crippen LogP contribution in [0.3, 0.4) is 0 Å². The van der Waals surface area contributed by atoms with Gasteiger partial charge in [0.1, 0.15) is 11.5 Å². The molecule has 1 heterocycles. The fraction of sp³-hybridized carbons (Fsp3) is 0.312. The van der Waals surface area contributed by atoms with Gasteiger partial charge in [-0.1, -0.05) is 26.0 Å². The van der Waals surface area contributed by atoms with E-state index in [2.05, 4.69) is 18.8 Å². The highest BCUT2D eigenvalue weighted by atomic mass is 16.3. The number of rotatable bonds is 4. The molecule has 0 amide bonds. The Kier molecular flexibility index (Phi) is 4.05. The minimum absolute atomic E-state index is 0.191. The van der Waals surface area contributed by atoms with Crippen molar-refractivity contribution in [1.82, 2.24) is 4.98 Å². The number of hydrogen-bond acceptors (Lipinski definition) is 3. The zero-order chi connectivity index (χ0) is 13.8. The van der Waals surface area contributed by atoms with Crippen LogP contribution < -0.4 is 0 Å². The van der Waals surface area contributed by atoms with Gasteiger partial charge in [0.2, 0.25) is 0 Å². The summed E-state index contributed by atoms with van der Waals surface area (Å²) in [6.45, 7) is 4.30. The van der Waals surface area contributed by atoms with Crippen molar-refractivity contribution in [3.63, 3.8) is 0 Å². The highest BCUT2D eigenvalue weighted by Crippen LogP contribution is 2.35. The zero-order valence-corrected chi connectivity index (χ0v) is 11.2. The summed E-state index contributed by atoms with van der Waals surface area (Å²) in [5, 5.41) is 18.6. The Balaban J connectivity index is 2.26. The predicted octanol–water partition coefficient (Wildman–Crippen LogP) is 3.79. The number of phenols is 1. The van der Waals surface area contributed by atoms with Crippen LogP contribution in [0.25, 0.3) is 0 Å². The molecule has 2 N–H and O–H groups in total. The van der Waals surface area contributed by atoms with Crippen molar-refractivity contribution in [2.24, 2.45) is 0 Å². The van der Waals surface area contributed by atoms with E-state index < -0.39 is 0 Å². The van der Waals surface area contributed by atoms with Crippen LogP contribution in [0, 0.1) is 0 Å². The van der Waals surface area contributed by atoms with Crippen molar-refractivity contribution in [1.29, 1.82) is 0 Å². The molecule has 0 aliphatic heterocycles. The number of aromatic nitrogens is 1. The second-order valence-corrected chi connectivity index (χ2v) is 4.84. The number of hydrogen-bond donors (Lipinski definition) is 2. The molecular formula is C16H19NO2. The lowest BCUT2D eigenvalue weighted by atomic mass is 9.83. The summed E-state index contributed by atoms with van der Waals surface area (Å²) < 4.78 is 0. The summed E-state index contributed by atoms with van der Waals surface area (Å²) in [5.41, 5.74) is 2.17. The van der Waals surface area contributed by atoms with E-state index in [1.807, 2.05) is 18.2 Å². The van der Waals surface area contributed by atoms with Crippen LogP contribution in [-0.4, -0.2) is 15.2 Å². The highest BCUT2D eigenvalue weighted by Gasteiger charge is 2.20. The molecule has 0 bridgehead atoms. The molecule has 3 heteroatoms. The first-order valence-corrected chi connectivity index (χ1v) is 6.55. The van der Waals surface area contributed by atoms with Crippen molar-refractivity contribution in [3.05, 3.63) is 53.9 Å². The van der Waals surface area contributed by atoms with Gasteiger partial charge in [0.15, 0.2) is 0 Å². The Morgan fingerprint density at radius 3 is 2.16 bits per heavy atom. The number of aromatic hydroxyl groups is 2. The molecule has 0 unspecified atom stereocenters. The maximum atomic E-state index is 9.34. The predicted molar refractivity (Wildman–Crippen MR) is 75.5 cm³/mol. The molecule has 100 valence electrons. The Bertz CT molecular complexity index is 519. The number of nitrogens with zero attached hydrogens (tertiary/aromatic N) is 1. The van der Waals surface area contributed by atoms with Crippen molar-refractivity contribution >= 4 is 0 Å². The van der Waals surface area contributed by atoms with Crippen LogP contribution in [0.2, 0.25) is 0 Å². The highest BCUT2D eigenvalue weighted by molar-refractivity contribution is 5.31. The van der Waals surface area contributed by atoms with E-state index >= 15 is 0 Å². The van der Waals surface area contributed by atoms with E-state index in [1.165, 1.54) is 11.8 Å². The number of phenolic OH excluding ortho intramolecular Hbond substituents is 1. The zero-order valence-electron chi connectivity index (χ0n) is 11.2. The first-order chi connectivity index (χ1) is 9.11. The standard InChI is InChI=1S/C16H19NO2/c1-3-15(16-9-8-14(19)10-17-16)11(2)12-4-6-13(18)7-5-12/h4-11,15,18-19H,3H2,1-2H3/t11-,15+/m1/s1. The Morgan fingerprint density at radius 1 is 1.00 bits per heavy atom. The monoisotopic (exact) mass is 257 g/mol. The topological polar surface area (TPSA) is 53.4 Å². The third-order valence-electron chi connectivity index (χ3n) is 3.61. The van der Waals surface area contributed by atoms with Gasteiger partial charge in [-0.3, -0.25) is 4.98 Å². The summed E-state index contributed by atoms with van der Waals surface area (Å²) in [6, 6.07) is 10.9. The molecular weight excluding hydrogens is 238 g/mol. The Morgan fingerprint density at radius 2 is 1.63 bits per heavy atom. The van der Waals surface area contributed by atoms with Crippen LogP contribution in [0.15, 0.2) is 42.6 Å². The minimum atomic E-state index is 0.191. The van der Waals surface area contributed by atoms with Gasteiger partial charge in [0, 0.05) is 11.6 Å². The fourth-order valence-corrected chi connectivity index (χ4v) is 2.45. The SMILES string of the molecule is CC[C@H](c1ccc(O)cn1)[C@H](C)c1ccc(O)cc1. The van der Waals surface area contributed by atoms with Crippen molar-refractivity contribution in [3.8, 4) is 11.5 Å². The largest absolute Gasteiger partial charge is 0.508 e. The third-order valence-corrected chi connectivity index (χ3v) is 3.61. The lowest BCUT2D eigenvalue weighted by Crippen LogP contribution is -2.09. The molecule has 19 heavy (non-hydrogen) atoms. The molecule has 0 aliphatic carbocycles. The van der Waals surface area contributed by atoms with Crippen molar-refractivity contribution in [2.45, 2.75) is 32.1 Å². The van der Waals surface area contributed by atoms with Gasteiger partial charge in [-0.2, -0.15) is 0 Å². The quantitative estimate of drug-likeness (QED) is 0.876. The van der Waals surface area contributed by atoms with Gasteiger partial charge in [0.25, 0.3) is 0 Å². The molecule has 1 aromatic heterocycles. The van der Waals surface area contributed by atoms with Crippen LogP contribution in [0.5, 0.6) is 11.5 Å². The molecule has 2 atom stereocenters. The van der Waals surface area contributed by atoms with E-state index in [1.54, 1.807) is 18.2 Å². The molecule has 0 radical (unpaired) electrons. The third kappa shape index (κ3) is 3.05. The van der Waals surface area contributed by atoms with E-state index in [-0.39, 0.29) is 11.5 Å². The first-order valence-electron chi connectivity index (χ1n) is 6.55. The van der Waals surface area contributed by atoms with E-state index in [0.717, 1.165) is 12.1 Å². The summed E-state index contributed by atoms with van der Waals surface area (Å²) in [5.74, 6) is 1.08. The molecule has 0 fully saturated rings. The van der Waals surface area contributed by atoms with Crippen LogP contribution in [0.1, 0.15) is 43.4 Å². The maximum Gasteiger partial charge on any atom is 0.133 e. The van der Waals surface area contributed by atoms with Gasteiger partial charge in [0.05, 0.1) is 6.20 Å². The fourth-order valence-electron chi connectivity index (χ4n) is 2.45. The molecule has 3 nitrogen and oxygen atoms in total. The second-order valence-electron chi connectivity index (χ2n) is 4.84. The summed E-state index contributed by atoms with van der Waals surface area (Å²) in [4.78, 5) is 4.31. The van der Waals surface area contributed by atoms with Crippen molar-refractivity contribution in [2.75, 3.05) is 0 Å². The molecule has 2 rings (SSSR count). The van der Waals surface area contributed by atoms with Crippen molar-refractivity contribution < 1.29 is 10.2 Å². The minimum Gasteiger partial charge on any atom is -0.508 e. The maximum absolute atomic E-state index is 9.34. The first kappa shape index (κ1) is 13.4. The van der Waals surface area contributed by atoms with Crippen LogP contribution in [0.4, 0.5) is 0 Å². The normalized spacial score (nSPS) is 14.0. The van der Waals surface area contributed by atoms with Gasteiger partial charge in [-0.05, 0) is 42.2 Å². The summed E-state index contributed by atoms with van der Waals surface area (Å²) in [6.07, 6.45) is 2.46. The Labute approximate surface area is 113 Å². The van der Waals surface area contributed by atoms with E-state index in [4.69, 9.17) is 0 Å². The average molecular weight is 257 g/mol. The van der Waals surface area contributed by atoms with Gasteiger partial charge >= 0.3 is 0 Å². The van der Waals surface area contributed by atoms with Gasteiger partial charge < -0.3 is 10.2 Å². The molecule has 2 aromatic rings. The molecule has 0 saturated heterocycles. The average Bonchev–Trinajstić information content (AvgIpc) is 2.42. The molecule has 0 spiro atoms. The molecule has 1 aromatic carbocycles. The van der Waals surface area contributed by atoms with Crippen LogP contribution in [-0.2, 0) is 0 Å². The van der Waals surface area contributed by atoms with E-state index in [9.17, 15) is 10.2 Å². The second kappa shape index (κ2) is 5.74. The lowest BCUT2D eigenvalue weighted by Gasteiger charge is -2.22. The summed E-state index contributed by atoms with van der Waals surface area (Å²) >= 11 is 0. The lowest BCUT2D eigenvalue weighted by molar-refractivity contribution is 0.468. The van der Waals surface area contributed by atoms with Crippen LogP contribution >= 0.6 is 0 Å². The molecule has 0 aliphatic rings. The number of pyridine rings is 1. The smallest absolute Gasteiger partial charge is 0.133 e. The van der Waals surface area contributed by atoms with Gasteiger partial charge in [-0.25, -0.2) is 0 Å². The van der Waals surface area contributed by atoms with E-state index in [0.29, 0.717) is 11.8 Å². The molecule has 0 saturated carbocycles. The number of benzene rings is 1. The summed E-state index contributed by atoms with van der Waals surface area (Å²) in [7, 11) is 0.